The summed E-state index contributed by atoms with van der Waals surface area (Å²) in [6.45, 7) is 0.589. The average Bonchev–Trinajstić information content (AvgIpc) is 3.30. The number of fused-ring (bicyclic) bond motifs is 1. The lowest BCUT2D eigenvalue weighted by Gasteiger charge is -2.19. The second-order valence-corrected chi connectivity index (χ2v) is 8.72. The van der Waals surface area contributed by atoms with Crippen LogP contribution in [0.5, 0.6) is 0 Å². The number of carbonyl (C=O) groups is 3. The van der Waals surface area contributed by atoms with Gasteiger partial charge >= 0.3 is 0 Å². The summed E-state index contributed by atoms with van der Waals surface area (Å²) in [5, 5.41) is 15.3. The first kappa shape index (κ1) is 21.2. The SMILES string of the molecule is N#CC(CC1CCNC1=O)NC(=O)C(CC(=O)c1nc2c(Cl)cncc2[nH]1)CC1CC1. The second kappa shape index (κ2) is 9.02. The summed E-state index contributed by atoms with van der Waals surface area (Å²) in [4.78, 5) is 48.8. The lowest BCUT2D eigenvalue weighted by Crippen LogP contribution is -2.40. The van der Waals surface area contributed by atoms with Gasteiger partial charge in [-0.25, -0.2) is 4.98 Å². The smallest absolute Gasteiger partial charge is 0.224 e. The number of H-pyrrole nitrogens is 1. The Morgan fingerprint density at radius 2 is 2.10 bits per heavy atom. The summed E-state index contributed by atoms with van der Waals surface area (Å²) < 4.78 is 0. The van der Waals surface area contributed by atoms with E-state index in [9.17, 15) is 19.6 Å². The Hall–Kier alpha value is -2.99. The van der Waals surface area contributed by atoms with Gasteiger partial charge in [0, 0.05) is 31.0 Å². The number of nitrogens with zero attached hydrogens (tertiary/aromatic N) is 3. The number of pyridine rings is 1. The molecule has 2 aliphatic rings. The van der Waals surface area contributed by atoms with E-state index in [1.54, 1.807) is 0 Å². The normalized spacial score (nSPS) is 20.1. The average molecular weight is 443 g/mol. The first-order valence-electron chi connectivity index (χ1n) is 10.4. The number of ketones is 1. The summed E-state index contributed by atoms with van der Waals surface area (Å²) in [5.74, 6) is -0.996. The Morgan fingerprint density at radius 3 is 2.74 bits per heavy atom. The lowest BCUT2D eigenvalue weighted by molar-refractivity contribution is -0.127. The fraction of sp³-hybridized carbons (Fsp3) is 0.524. The number of nitrogens with one attached hydrogen (secondary N) is 3. The van der Waals surface area contributed by atoms with E-state index in [0.29, 0.717) is 41.4 Å². The molecule has 0 aromatic carbocycles. The Balaban J connectivity index is 1.43. The molecule has 2 aromatic rings. The van der Waals surface area contributed by atoms with Crippen LogP contribution in [0.4, 0.5) is 0 Å². The molecule has 2 fully saturated rings. The molecule has 9 nitrogen and oxygen atoms in total. The van der Waals surface area contributed by atoms with Crippen molar-refractivity contribution in [2.45, 2.75) is 44.6 Å². The van der Waals surface area contributed by atoms with Crippen LogP contribution in [-0.2, 0) is 9.59 Å². The highest BCUT2D eigenvalue weighted by Gasteiger charge is 2.34. The van der Waals surface area contributed by atoms with Crippen LogP contribution in [-0.4, -0.2) is 45.1 Å². The molecule has 0 spiro atoms. The molecule has 10 heteroatoms. The van der Waals surface area contributed by atoms with E-state index in [2.05, 4.69) is 31.7 Å². The number of halogens is 1. The van der Waals surface area contributed by atoms with E-state index >= 15 is 0 Å². The van der Waals surface area contributed by atoms with E-state index in [1.807, 2.05) is 0 Å². The van der Waals surface area contributed by atoms with Gasteiger partial charge in [-0.2, -0.15) is 5.26 Å². The van der Waals surface area contributed by atoms with Crippen molar-refractivity contribution in [2.75, 3.05) is 6.54 Å². The molecule has 3 N–H and O–H groups in total. The number of nitriles is 1. The summed E-state index contributed by atoms with van der Waals surface area (Å²) >= 11 is 6.08. The quantitative estimate of drug-likeness (QED) is 0.508. The molecule has 1 saturated carbocycles. The topological polar surface area (TPSA) is 141 Å². The molecule has 31 heavy (non-hydrogen) atoms. The minimum Gasteiger partial charge on any atom is -0.356 e. The van der Waals surface area contributed by atoms with Gasteiger partial charge in [-0.05, 0) is 25.2 Å². The van der Waals surface area contributed by atoms with Gasteiger partial charge in [0.25, 0.3) is 0 Å². The highest BCUT2D eigenvalue weighted by Crippen LogP contribution is 2.36. The molecular formula is C21H23ClN6O3. The summed E-state index contributed by atoms with van der Waals surface area (Å²) in [6.07, 6.45) is 6.55. The van der Waals surface area contributed by atoms with Gasteiger partial charge in [0.15, 0.2) is 11.6 Å². The number of amides is 2. The zero-order valence-corrected chi connectivity index (χ0v) is 17.6. The number of carbonyl (C=O) groups excluding carboxylic acids is 3. The number of hydrogen-bond donors (Lipinski definition) is 3. The first-order valence-corrected chi connectivity index (χ1v) is 10.8. The van der Waals surface area contributed by atoms with E-state index < -0.39 is 12.0 Å². The minimum absolute atomic E-state index is 0.0186. The number of hydrogen-bond acceptors (Lipinski definition) is 6. The van der Waals surface area contributed by atoms with Crippen molar-refractivity contribution in [1.29, 1.82) is 5.26 Å². The van der Waals surface area contributed by atoms with Crippen LogP contribution < -0.4 is 10.6 Å². The fourth-order valence-corrected chi connectivity index (χ4v) is 4.18. The van der Waals surface area contributed by atoms with Crippen molar-refractivity contribution in [3.8, 4) is 6.07 Å². The molecule has 4 rings (SSSR count). The number of imidazole rings is 1. The minimum atomic E-state index is -0.769. The Bertz CT molecular complexity index is 1060. The Labute approximate surface area is 184 Å². The second-order valence-electron chi connectivity index (χ2n) is 8.31. The summed E-state index contributed by atoms with van der Waals surface area (Å²) in [7, 11) is 0. The largest absolute Gasteiger partial charge is 0.356 e. The molecule has 1 saturated heterocycles. The van der Waals surface area contributed by atoms with E-state index in [4.69, 9.17) is 11.6 Å². The van der Waals surface area contributed by atoms with Crippen molar-refractivity contribution in [3.63, 3.8) is 0 Å². The maximum Gasteiger partial charge on any atom is 0.224 e. The van der Waals surface area contributed by atoms with Crippen molar-refractivity contribution in [1.82, 2.24) is 25.6 Å². The van der Waals surface area contributed by atoms with Crippen molar-refractivity contribution < 1.29 is 14.4 Å². The van der Waals surface area contributed by atoms with Gasteiger partial charge in [0.2, 0.25) is 11.8 Å². The molecule has 2 amide bonds. The molecule has 1 aliphatic heterocycles. The highest BCUT2D eigenvalue weighted by atomic mass is 35.5. The number of Topliss-reactive ketones (excluding diaryl/α,β-unsaturated/α-hetero) is 1. The van der Waals surface area contributed by atoms with Gasteiger partial charge in [0.1, 0.15) is 11.6 Å². The van der Waals surface area contributed by atoms with Gasteiger partial charge in [-0.3, -0.25) is 19.4 Å². The standard InChI is InChI=1S/C21H23ClN6O3/c22-15-9-24-10-16-18(15)28-19(27-16)17(29)7-13(5-11-1-2-11)21(31)26-14(8-23)6-12-3-4-25-20(12)30/h9-14H,1-7H2,(H,25,30)(H,26,31)(H,27,28). The van der Waals surface area contributed by atoms with Crippen LogP contribution in [0.2, 0.25) is 5.02 Å². The van der Waals surface area contributed by atoms with E-state index in [1.165, 1.54) is 12.4 Å². The van der Waals surface area contributed by atoms with Crippen LogP contribution in [0.3, 0.4) is 0 Å². The van der Waals surface area contributed by atoms with Crippen LogP contribution >= 0.6 is 11.6 Å². The van der Waals surface area contributed by atoms with Gasteiger partial charge in [-0.15, -0.1) is 0 Å². The molecule has 3 atom stereocenters. The predicted octanol–water partition coefficient (Wildman–Crippen LogP) is 2.13. The zero-order chi connectivity index (χ0) is 22.0. The van der Waals surface area contributed by atoms with Crippen LogP contribution in [0.1, 0.15) is 49.1 Å². The van der Waals surface area contributed by atoms with E-state index in [-0.39, 0.29) is 42.2 Å². The van der Waals surface area contributed by atoms with Crippen molar-refractivity contribution >= 4 is 40.2 Å². The van der Waals surface area contributed by atoms with Crippen molar-refractivity contribution in [2.24, 2.45) is 17.8 Å². The Morgan fingerprint density at radius 1 is 1.29 bits per heavy atom. The Kier molecular flexibility index (Phi) is 6.18. The molecule has 0 bridgehead atoms. The monoisotopic (exact) mass is 442 g/mol. The number of rotatable bonds is 9. The molecule has 0 radical (unpaired) electrons. The predicted molar refractivity (Wildman–Crippen MR) is 112 cm³/mol. The maximum atomic E-state index is 12.9. The zero-order valence-electron chi connectivity index (χ0n) is 16.9. The molecule has 1 aliphatic carbocycles. The number of aromatic amines is 1. The van der Waals surface area contributed by atoms with Crippen LogP contribution in [0, 0.1) is 29.1 Å². The van der Waals surface area contributed by atoms with E-state index in [0.717, 1.165) is 12.8 Å². The first-order chi connectivity index (χ1) is 14.9. The van der Waals surface area contributed by atoms with Gasteiger partial charge in [-0.1, -0.05) is 24.4 Å². The van der Waals surface area contributed by atoms with Crippen LogP contribution in [0.25, 0.3) is 11.0 Å². The molecular weight excluding hydrogens is 420 g/mol. The lowest BCUT2D eigenvalue weighted by atomic mass is 9.93. The molecule has 162 valence electrons. The molecule has 3 unspecified atom stereocenters. The molecule has 3 heterocycles. The van der Waals surface area contributed by atoms with Gasteiger partial charge in [0.05, 0.1) is 22.8 Å². The van der Waals surface area contributed by atoms with Crippen molar-refractivity contribution in [3.05, 3.63) is 23.2 Å². The van der Waals surface area contributed by atoms with Gasteiger partial charge < -0.3 is 15.6 Å². The van der Waals surface area contributed by atoms with Crippen LogP contribution in [0.15, 0.2) is 12.4 Å². The maximum absolute atomic E-state index is 12.9. The number of aromatic nitrogens is 3. The highest BCUT2D eigenvalue weighted by molar-refractivity contribution is 6.34. The third-order valence-corrected chi connectivity index (χ3v) is 6.16. The fourth-order valence-electron chi connectivity index (χ4n) is 3.98. The molecule has 2 aromatic heterocycles. The third-order valence-electron chi connectivity index (χ3n) is 5.89. The summed E-state index contributed by atoms with van der Waals surface area (Å²) in [5.41, 5.74) is 1.01. The summed E-state index contributed by atoms with van der Waals surface area (Å²) in [6, 6.07) is 1.31. The third kappa shape index (κ3) is 5.02.